The van der Waals surface area contributed by atoms with Crippen LogP contribution in [-0.4, -0.2) is 31.1 Å². The molecule has 0 radical (unpaired) electrons. The van der Waals surface area contributed by atoms with Crippen molar-refractivity contribution in [3.63, 3.8) is 0 Å². The lowest BCUT2D eigenvalue weighted by Crippen LogP contribution is -2.46. The second-order valence-electron chi connectivity index (χ2n) is 6.01. The Morgan fingerprint density at radius 2 is 1.75 bits per heavy atom. The summed E-state index contributed by atoms with van der Waals surface area (Å²) in [5.41, 5.74) is 2.16. The fraction of sp³-hybridized carbons (Fsp3) is 0.588. The van der Waals surface area contributed by atoms with E-state index in [0.29, 0.717) is 6.04 Å². The average molecular weight is 269 g/mol. The van der Waals surface area contributed by atoms with Gasteiger partial charge in [-0.15, -0.1) is 0 Å². The van der Waals surface area contributed by atoms with Crippen LogP contribution in [0.3, 0.4) is 0 Å². The van der Waals surface area contributed by atoms with Crippen LogP contribution >= 0.6 is 0 Å². The zero-order chi connectivity index (χ0) is 13.8. The summed E-state index contributed by atoms with van der Waals surface area (Å²) in [6, 6.07) is 11.1. The maximum absolute atomic E-state index is 8.96. The number of hydrogen-bond acceptors (Lipinski definition) is 3. The first-order chi connectivity index (χ1) is 9.88. The highest BCUT2D eigenvalue weighted by atomic mass is 15.2. The Balaban J connectivity index is 1.84. The van der Waals surface area contributed by atoms with E-state index in [0.717, 1.165) is 37.7 Å². The van der Waals surface area contributed by atoms with Gasteiger partial charge in [-0.3, -0.25) is 4.90 Å². The van der Waals surface area contributed by atoms with E-state index >= 15 is 0 Å². The predicted molar refractivity (Wildman–Crippen MR) is 80.3 cm³/mol. The van der Waals surface area contributed by atoms with Crippen molar-refractivity contribution in [1.29, 1.82) is 5.26 Å². The quantitative estimate of drug-likeness (QED) is 0.917. The monoisotopic (exact) mass is 269 g/mol. The molecule has 0 aromatic heterocycles. The Labute approximate surface area is 121 Å². The van der Waals surface area contributed by atoms with E-state index in [9.17, 15) is 0 Å². The van der Waals surface area contributed by atoms with E-state index in [1.54, 1.807) is 0 Å². The minimum atomic E-state index is 0.548. The van der Waals surface area contributed by atoms with E-state index in [1.807, 2.05) is 12.1 Å². The Morgan fingerprint density at radius 1 is 1.10 bits per heavy atom. The first kappa shape index (κ1) is 13.6. The number of rotatable bonds is 3. The van der Waals surface area contributed by atoms with Crippen molar-refractivity contribution in [3.8, 4) is 6.07 Å². The lowest BCUT2D eigenvalue weighted by atomic mass is 9.89. The normalized spacial score (nSPS) is 22.6. The van der Waals surface area contributed by atoms with Gasteiger partial charge in [-0.2, -0.15) is 5.26 Å². The molecule has 0 unspecified atom stereocenters. The van der Waals surface area contributed by atoms with Crippen molar-refractivity contribution in [2.75, 3.05) is 26.2 Å². The van der Waals surface area contributed by atoms with Gasteiger partial charge in [0, 0.05) is 32.2 Å². The van der Waals surface area contributed by atoms with Crippen molar-refractivity contribution in [2.24, 2.45) is 5.92 Å². The SMILES string of the molecule is N#Cc1ccc([C@@H](C2CCCC2)N2CCNCC2)cc1. The highest BCUT2D eigenvalue weighted by molar-refractivity contribution is 5.33. The van der Waals surface area contributed by atoms with Gasteiger partial charge in [0.1, 0.15) is 0 Å². The van der Waals surface area contributed by atoms with Gasteiger partial charge >= 0.3 is 0 Å². The van der Waals surface area contributed by atoms with Crippen LogP contribution in [-0.2, 0) is 0 Å². The van der Waals surface area contributed by atoms with Crippen LogP contribution in [0, 0.1) is 17.2 Å². The van der Waals surface area contributed by atoms with Gasteiger partial charge in [0.2, 0.25) is 0 Å². The fourth-order valence-electron chi connectivity index (χ4n) is 3.77. The molecule has 3 nitrogen and oxygen atoms in total. The average Bonchev–Trinajstić information content (AvgIpc) is 3.03. The summed E-state index contributed by atoms with van der Waals surface area (Å²) in [4.78, 5) is 2.65. The molecular formula is C17H23N3. The lowest BCUT2D eigenvalue weighted by molar-refractivity contribution is 0.125. The summed E-state index contributed by atoms with van der Waals surface area (Å²) in [6.45, 7) is 4.47. The highest BCUT2D eigenvalue weighted by Gasteiger charge is 2.31. The van der Waals surface area contributed by atoms with Crippen LogP contribution in [0.25, 0.3) is 0 Å². The van der Waals surface area contributed by atoms with Gasteiger partial charge in [0.05, 0.1) is 11.6 Å². The third-order valence-electron chi connectivity index (χ3n) is 4.77. The third-order valence-corrected chi connectivity index (χ3v) is 4.77. The minimum absolute atomic E-state index is 0.548. The summed E-state index contributed by atoms with van der Waals surface area (Å²) in [5.74, 6) is 0.793. The lowest BCUT2D eigenvalue weighted by Gasteiger charge is -2.38. The molecule has 2 aliphatic rings. The number of hydrogen-bond donors (Lipinski definition) is 1. The van der Waals surface area contributed by atoms with Gasteiger partial charge in [-0.1, -0.05) is 25.0 Å². The molecule has 1 saturated heterocycles. The first-order valence-electron chi connectivity index (χ1n) is 7.83. The van der Waals surface area contributed by atoms with Crippen molar-refractivity contribution < 1.29 is 0 Å². The largest absolute Gasteiger partial charge is 0.314 e. The molecule has 0 bridgehead atoms. The smallest absolute Gasteiger partial charge is 0.0991 e. The molecule has 1 aromatic carbocycles. The zero-order valence-electron chi connectivity index (χ0n) is 12.0. The summed E-state index contributed by atoms with van der Waals surface area (Å²) in [7, 11) is 0. The molecular weight excluding hydrogens is 246 g/mol. The van der Waals surface area contributed by atoms with Gasteiger partial charge < -0.3 is 5.32 Å². The summed E-state index contributed by atoms with van der Waals surface area (Å²) >= 11 is 0. The number of nitrogens with zero attached hydrogens (tertiary/aromatic N) is 2. The Morgan fingerprint density at radius 3 is 2.35 bits per heavy atom. The number of nitrogens with one attached hydrogen (secondary N) is 1. The summed E-state index contributed by atoms with van der Waals surface area (Å²) < 4.78 is 0. The maximum Gasteiger partial charge on any atom is 0.0991 e. The molecule has 0 amide bonds. The molecule has 1 heterocycles. The van der Waals surface area contributed by atoms with Crippen LogP contribution in [0.2, 0.25) is 0 Å². The number of piperazine rings is 1. The second-order valence-corrected chi connectivity index (χ2v) is 6.01. The van der Waals surface area contributed by atoms with Crippen molar-refractivity contribution >= 4 is 0 Å². The Bertz CT molecular complexity index is 462. The molecule has 3 rings (SSSR count). The van der Waals surface area contributed by atoms with Crippen LogP contribution in [0.4, 0.5) is 0 Å². The van der Waals surface area contributed by atoms with Crippen molar-refractivity contribution in [3.05, 3.63) is 35.4 Å². The van der Waals surface area contributed by atoms with E-state index in [-0.39, 0.29) is 0 Å². The first-order valence-corrected chi connectivity index (χ1v) is 7.83. The molecule has 1 saturated carbocycles. The molecule has 1 N–H and O–H groups in total. The third kappa shape index (κ3) is 2.87. The fourth-order valence-corrected chi connectivity index (χ4v) is 3.77. The van der Waals surface area contributed by atoms with Gasteiger partial charge in [0.25, 0.3) is 0 Å². The number of nitriles is 1. The highest BCUT2D eigenvalue weighted by Crippen LogP contribution is 2.39. The van der Waals surface area contributed by atoms with Crippen molar-refractivity contribution in [2.45, 2.75) is 31.7 Å². The zero-order valence-corrected chi connectivity index (χ0v) is 12.0. The molecule has 2 fully saturated rings. The Hall–Kier alpha value is -1.37. The minimum Gasteiger partial charge on any atom is -0.314 e. The van der Waals surface area contributed by atoms with E-state index in [2.05, 4.69) is 28.4 Å². The van der Waals surface area contributed by atoms with Gasteiger partial charge in [0.15, 0.2) is 0 Å². The molecule has 0 spiro atoms. The Kier molecular flexibility index (Phi) is 4.34. The van der Waals surface area contributed by atoms with E-state index < -0.39 is 0 Å². The second kappa shape index (κ2) is 6.39. The number of benzene rings is 1. The molecule has 106 valence electrons. The predicted octanol–water partition coefficient (Wildman–Crippen LogP) is 2.69. The molecule has 1 aliphatic heterocycles. The van der Waals surface area contributed by atoms with Crippen LogP contribution in [0.1, 0.15) is 42.9 Å². The molecule has 1 atom stereocenters. The molecule has 20 heavy (non-hydrogen) atoms. The van der Waals surface area contributed by atoms with Gasteiger partial charge in [-0.05, 0) is 36.5 Å². The molecule has 3 heteroatoms. The standard InChI is InChI=1S/C17H23N3/c18-13-14-5-7-16(8-6-14)17(15-3-1-2-4-15)20-11-9-19-10-12-20/h5-8,15,17,19H,1-4,9-12H2/t17-/m1/s1. The van der Waals surface area contributed by atoms with Crippen LogP contribution in [0.15, 0.2) is 24.3 Å². The maximum atomic E-state index is 8.96. The van der Waals surface area contributed by atoms with E-state index in [4.69, 9.17) is 5.26 Å². The van der Waals surface area contributed by atoms with Crippen molar-refractivity contribution in [1.82, 2.24) is 10.2 Å². The molecule has 1 aliphatic carbocycles. The van der Waals surface area contributed by atoms with Crippen LogP contribution < -0.4 is 5.32 Å². The van der Waals surface area contributed by atoms with Crippen LogP contribution in [0.5, 0.6) is 0 Å². The van der Waals surface area contributed by atoms with E-state index in [1.165, 1.54) is 31.2 Å². The summed E-state index contributed by atoms with van der Waals surface area (Å²) in [5, 5.41) is 12.4. The molecule has 1 aromatic rings. The van der Waals surface area contributed by atoms with Gasteiger partial charge in [-0.25, -0.2) is 0 Å². The topological polar surface area (TPSA) is 39.1 Å². The summed E-state index contributed by atoms with van der Waals surface area (Å²) in [6.07, 6.45) is 5.47.